The number of hydrogen-bond acceptors (Lipinski definition) is 4. The van der Waals surface area contributed by atoms with Crippen LogP contribution in [0.3, 0.4) is 0 Å². The molecule has 1 aromatic heterocycles. The van der Waals surface area contributed by atoms with Crippen LogP contribution in [-0.4, -0.2) is 54.5 Å². The van der Waals surface area contributed by atoms with E-state index in [0.717, 1.165) is 16.9 Å². The number of carbonyl (C=O) groups excluding carboxylic acids is 2. The van der Waals surface area contributed by atoms with Crippen LogP contribution in [-0.2, 0) is 20.9 Å². The first-order valence-corrected chi connectivity index (χ1v) is 11.6. The van der Waals surface area contributed by atoms with Gasteiger partial charge < -0.3 is 19.0 Å². The van der Waals surface area contributed by atoms with Crippen LogP contribution >= 0.6 is 0 Å². The molecule has 0 N–H and O–H groups in total. The molecular formula is C28H34N2O4. The number of rotatable bonds is 11. The second-order valence-corrected chi connectivity index (χ2v) is 8.63. The standard InChI is InChI=1S/C28H34N2O4/c1-21(2)30(20-26(31)29(17-18-33-4)19-25-16-15-22(3)34-25)28(32)27(23-11-7-5-8-12-23)24-13-9-6-10-14-24/h5-16,21,27H,17-20H2,1-4H3. The molecule has 180 valence electrons. The molecule has 0 aliphatic rings. The highest BCUT2D eigenvalue weighted by Gasteiger charge is 2.31. The van der Waals surface area contributed by atoms with Crippen molar-refractivity contribution in [1.29, 1.82) is 0 Å². The molecule has 0 saturated heterocycles. The third kappa shape index (κ3) is 6.58. The molecule has 3 aromatic rings. The van der Waals surface area contributed by atoms with Crippen molar-refractivity contribution in [1.82, 2.24) is 9.80 Å². The van der Waals surface area contributed by atoms with Gasteiger partial charge in [0, 0.05) is 19.7 Å². The van der Waals surface area contributed by atoms with E-state index in [2.05, 4.69) is 0 Å². The zero-order valence-corrected chi connectivity index (χ0v) is 20.4. The lowest BCUT2D eigenvalue weighted by molar-refractivity contribution is -0.143. The largest absolute Gasteiger partial charge is 0.464 e. The Balaban J connectivity index is 1.86. The van der Waals surface area contributed by atoms with E-state index >= 15 is 0 Å². The van der Waals surface area contributed by atoms with Crippen molar-refractivity contribution in [3.63, 3.8) is 0 Å². The topological polar surface area (TPSA) is 63.0 Å². The molecule has 0 atom stereocenters. The Kier molecular flexibility index (Phi) is 9.05. The van der Waals surface area contributed by atoms with Crippen LogP contribution < -0.4 is 0 Å². The SMILES string of the molecule is COCCN(Cc1ccc(C)o1)C(=O)CN(C(=O)C(c1ccccc1)c1ccccc1)C(C)C. The minimum atomic E-state index is -0.488. The van der Waals surface area contributed by atoms with Gasteiger partial charge >= 0.3 is 0 Å². The van der Waals surface area contributed by atoms with Crippen LogP contribution in [0.4, 0.5) is 0 Å². The van der Waals surface area contributed by atoms with Gasteiger partial charge in [0.05, 0.1) is 19.1 Å². The maximum Gasteiger partial charge on any atom is 0.242 e. The van der Waals surface area contributed by atoms with E-state index in [1.54, 1.807) is 16.9 Å². The Morgan fingerprint density at radius 2 is 1.50 bits per heavy atom. The van der Waals surface area contributed by atoms with Gasteiger partial charge in [-0.1, -0.05) is 60.7 Å². The first kappa shape index (κ1) is 25.2. The summed E-state index contributed by atoms with van der Waals surface area (Å²) >= 11 is 0. The van der Waals surface area contributed by atoms with Gasteiger partial charge in [-0.05, 0) is 44.0 Å². The van der Waals surface area contributed by atoms with Crippen LogP contribution in [0.1, 0.15) is 42.4 Å². The number of hydrogen-bond donors (Lipinski definition) is 0. The fraction of sp³-hybridized carbons (Fsp3) is 0.357. The van der Waals surface area contributed by atoms with Gasteiger partial charge in [0.2, 0.25) is 11.8 Å². The van der Waals surface area contributed by atoms with E-state index in [-0.39, 0.29) is 24.4 Å². The number of methoxy groups -OCH3 is 1. The van der Waals surface area contributed by atoms with Crippen molar-refractivity contribution < 1.29 is 18.7 Å². The average molecular weight is 463 g/mol. The smallest absolute Gasteiger partial charge is 0.242 e. The van der Waals surface area contributed by atoms with E-state index < -0.39 is 5.92 Å². The Hall–Kier alpha value is -3.38. The molecule has 3 rings (SSSR count). The molecule has 1 heterocycles. The van der Waals surface area contributed by atoms with Gasteiger partial charge in [-0.25, -0.2) is 0 Å². The predicted octanol–water partition coefficient (Wildman–Crippen LogP) is 4.63. The molecule has 2 amide bonds. The molecule has 34 heavy (non-hydrogen) atoms. The Labute approximate surface area is 202 Å². The van der Waals surface area contributed by atoms with Gasteiger partial charge in [0.15, 0.2) is 0 Å². The monoisotopic (exact) mass is 462 g/mol. The number of nitrogens with zero attached hydrogens (tertiary/aromatic N) is 2. The molecule has 0 radical (unpaired) electrons. The van der Waals surface area contributed by atoms with Crippen molar-refractivity contribution in [3.8, 4) is 0 Å². The van der Waals surface area contributed by atoms with Crippen LogP contribution in [0.5, 0.6) is 0 Å². The van der Waals surface area contributed by atoms with Crippen molar-refractivity contribution in [3.05, 3.63) is 95.4 Å². The van der Waals surface area contributed by atoms with Crippen LogP contribution in [0, 0.1) is 6.92 Å². The van der Waals surface area contributed by atoms with Crippen molar-refractivity contribution in [2.45, 2.75) is 39.3 Å². The molecule has 0 bridgehead atoms. The highest BCUT2D eigenvalue weighted by atomic mass is 16.5. The van der Waals surface area contributed by atoms with Crippen molar-refractivity contribution >= 4 is 11.8 Å². The Morgan fingerprint density at radius 3 is 1.97 bits per heavy atom. The quantitative estimate of drug-likeness (QED) is 0.417. The zero-order valence-electron chi connectivity index (χ0n) is 20.4. The highest BCUT2D eigenvalue weighted by molar-refractivity contribution is 5.91. The maximum atomic E-state index is 13.9. The van der Waals surface area contributed by atoms with Crippen molar-refractivity contribution in [2.24, 2.45) is 0 Å². The molecule has 2 aromatic carbocycles. The van der Waals surface area contributed by atoms with Gasteiger partial charge in [-0.3, -0.25) is 9.59 Å². The lowest BCUT2D eigenvalue weighted by atomic mass is 9.89. The summed E-state index contributed by atoms with van der Waals surface area (Å²) in [5, 5.41) is 0. The van der Waals surface area contributed by atoms with Gasteiger partial charge in [-0.15, -0.1) is 0 Å². The molecular weight excluding hydrogens is 428 g/mol. The van der Waals surface area contributed by atoms with E-state index in [4.69, 9.17) is 9.15 Å². The van der Waals surface area contributed by atoms with E-state index in [1.807, 2.05) is 93.6 Å². The molecule has 0 saturated carbocycles. The van der Waals surface area contributed by atoms with E-state index in [9.17, 15) is 9.59 Å². The molecule has 0 unspecified atom stereocenters. The maximum absolute atomic E-state index is 13.9. The van der Waals surface area contributed by atoms with Gasteiger partial charge in [-0.2, -0.15) is 0 Å². The molecule has 6 nitrogen and oxygen atoms in total. The van der Waals surface area contributed by atoms with E-state index in [0.29, 0.717) is 25.5 Å². The zero-order chi connectivity index (χ0) is 24.5. The molecule has 0 aliphatic heterocycles. The predicted molar refractivity (Wildman–Crippen MR) is 132 cm³/mol. The first-order chi connectivity index (χ1) is 16.4. The van der Waals surface area contributed by atoms with Crippen molar-refractivity contribution in [2.75, 3.05) is 26.8 Å². The minimum absolute atomic E-state index is 0.0178. The van der Waals surface area contributed by atoms with Gasteiger partial charge in [0.25, 0.3) is 0 Å². The second kappa shape index (κ2) is 12.2. The number of carbonyl (C=O) groups is 2. The number of aryl methyl sites for hydroxylation is 1. The summed E-state index contributed by atoms with van der Waals surface area (Å²) in [5.41, 5.74) is 1.80. The van der Waals surface area contributed by atoms with E-state index in [1.165, 1.54) is 0 Å². The van der Waals surface area contributed by atoms with Gasteiger partial charge in [0.1, 0.15) is 18.1 Å². The summed E-state index contributed by atoms with van der Waals surface area (Å²) in [4.78, 5) is 30.7. The molecule has 0 spiro atoms. The molecule has 0 fully saturated rings. The Bertz CT molecular complexity index is 1010. The lowest BCUT2D eigenvalue weighted by Gasteiger charge is -2.32. The minimum Gasteiger partial charge on any atom is -0.464 e. The van der Waals surface area contributed by atoms with Crippen LogP contribution in [0.25, 0.3) is 0 Å². The first-order valence-electron chi connectivity index (χ1n) is 11.6. The average Bonchev–Trinajstić information content (AvgIpc) is 3.25. The number of furan rings is 1. The highest BCUT2D eigenvalue weighted by Crippen LogP contribution is 2.27. The second-order valence-electron chi connectivity index (χ2n) is 8.63. The number of ether oxygens (including phenoxy) is 1. The molecule has 0 aliphatic carbocycles. The summed E-state index contributed by atoms with van der Waals surface area (Å²) in [6.07, 6.45) is 0. The summed E-state index contributed by atoms with van der Waals surface area (Å²) in [6.45, 7) is 6.87. The fourth-order valence-electron chi connectivity index (χ4n) is 3.95. The van der Waals surface area contributed by atoms with Crippen LogP contribution in [0.15, 0.2) is 77.2 Å². The normalized spacial score (nSPS) is 11.1. The lowest BCUT2D eigenvalue weighted by Crippen LogP contribution is -2.48. The number of benzene rings is 2. The molecule has 6 heteroatoms. The summed E-state index contributed by atoms with van der Waals surface area (Å²) in [7, 11) is 1.61. The summed E-state index contributed by atoms with van der Waals surface area (Å²) in [6, 6.07) is 23.0. The summed E-state index contributed by atoms with van der Waals surface area (Å²) in [5.74, 6) is 0.768. The third-order valence-electron chi connectivity index (χ3n) is 5.79. The number of amides is 2. The fourth-order valence-corrected chi connectivity index (χ4v) is 3.95. The summed E-state index contributed by atoms with van der Waals surface area (Å²) < 4.78 is 10.9. The Morgan fingerprint density at radius 1 is 0.912 bits per heavy atom. The third-order valence-corrected chi connectivity index (χ3v) is 5.79. The van der Waals surface area contributed by atoms with Crippen LogP contribution in [0.2, 0.25) is 0 Å².